The molecule has 0 rings (SSSR count). The van der Waals surface area contributed by atoms with E-state index in [0.29, 0.717) is 11.7 Å². The third-order valence-electron chi connectivity index (χ3n) is 0.982. The largest absolute Gasteiger partial charge is 0.314 e. The lowest BCUT2D eigenvalue weighted by molar-refractivity contribution is -0.757. The van der Waals surface area contributed by atoms with Crippen molar-refractivity contribution in [1.82, 2.24) is 0 Å². The summed E-state index contributed by atoms with van der Waals surface area (Å²) in [6.07, 6.45) is 2.70. The van der Waals surface area contributed by atoms with Crippen molar-refractivity contribution in [3.63, 3.8) is 0 Å². The summed E-state index contributed by atoms with van der Waals surface area (Å²) < 4.78 is 0. The molecule has 66 valence electrons. The predicted molar refractivity (Wildman–Crippen MR) is 48.1 cm³/mol. The van der Waals surface area contributed by atoms with Crippen molar-refractivity contribution in [3.05, 3.63) is 10.1 Å². The van der Waals surface area contributed by atoms with Gasteiger partial charge in [0.2, 0.25) is 0 Å². The van der Waals surface area contributed by atoms with Crippen LogP contribution in [0.1, 0.15) is 13.3 Å². The Hall–Kier alpha value is -0.100. The van der Waals surface area contributed by atoms with E-state index in [4.69, 9.17) is 0 Å². The molecular formula is C5H11NO3S2. The maximum atomic E-state index is 9.71. The molecule has 0 heterocycles. The van der Waals surface area contributed by atoms with Gasteiger partial charge in [0.1, 0.15) is 0 Å². The van der Waals surface area contributed by atoms with E-state index in [9.17, 15) is 10.1 Å². The Morgan fingerprint density at radius 3 is 2.82 bits per heavy atom. The fraction of sp³-hybridized carbons (Fsp3) is 1.00. The van der Waals surface area contributed by atoms with Crippen LogP contribution >= 0.6 is 21.6 Å². The molecule has 0 saturated carbocycles. The van der Waals surface area contributed by atoms with E-state index in [-0.39, 0.29) is 6.61 Å². The van der Waals surface area contributed by atoms with E-state index < -0.39 is 5.09 Å². The standard InChI is InChI=1S/C5H11NO3S2/c1-5(11-10-2)3-4-9-6(7)8/h5H,3-4H2,1-2H3. The van der Waals surface area contributed by atoms with Crippen LogP contribution in [0.3, 0.4) is 0 Å². The van der Waals surface area contributed by atoms with Crippen molar-refractivity contribution in [2.75, 3.05) is 12.9 Å². The van der Waals surface area contributed by atoms with Crippen LogP contribution in [-0.4, -0.2) is 23.2 Å². The minimum Gasteiger partial charge on any atom is -0.314 e. The summed E-state index contributed by atoms with van der Waals surface area (Å²) in [5, 5.41) is 9.36. The van der Waals surface area contributed by atoms with Crippen molar-refractivity contribution < 1.29 is 9.92 Å². The molecule has 0 saturated heterocycles. The van der Waals surface area contributed by atoms with Gasteiger partial charge >= 0.3 is 0 Å². The van der Waals surface area contributed by atoms with Crippen LogP contribution in [0.2, 0.25) is 0 Å². The lowest BCUT2D eigenvalue weighted by Crippen LogP contribution is -2.06. The Morgan fingerprint density at radius 1 is 1.73 bits per heavy atom. The Balaban J connectivity index is 3.16. The second kappa shape index (κ2) is 6.60. The number of rotatable bonds is 6. The highest BCUT2D eigenvalue weighted by molar-refractivity contribution is 8.76. The van der Waals surface area contributed by atoms with Gasteiger partial charge in [-0.05, 0) is 12.7 Å². The Morgan fingerprint density at radius 2 is 2.36 bits per heavy atom. The third-order valence-corrected chi connectivity index (χ3v) is 3.30. The first-order valence-electron chi connectivity index (χ1n) is 3.13. The first kappa shape index (κ1) is 10.9. The normalized spacial score (nSPS) is 12.5. The van der Waals surface area contributed by atoms with Crippen LogP contribution in [-0.2, 0) is 4.84 Å². The highest BCUT2D eigenvalue weighted by atomic mass is 33.1. The molecule has 0 aromatic heterocycles. The third kappa shape index (κ3) is 7.80. The van der Waals surface area contributed by atoms with Crippen molar-refractivity contribution in [1.29, 1.82) is 0 Å². The summed E-state index contributed by atoms with van der Waals surface area (Å²) in [5.41, 5.74) is 0. The monoisotopic (exact) mass is 197 g/mol. The molecule has 11 heavy (non-hydrogen) atoms. The molecule has 0 aliphatic heterocycles. The average Bonchev–Trinajstić information content (AvgIpc) is 1.87. The van der Waals surface area contributed by atoms with Gasteiger partial charge in [-0.3, -0.25) is 0 Å². The van der Waals surface area contributed by atoms with Crippen molar-refractivity contribution in [2.45, 2.75) is 18.6 Å². The molecule has 0 fully saturated rings. The number of nitrogens with zero attached hydrogens (tertiary/aromatic N) is 1. The molecule has 6 heteroatoms. The molecule has 0 aliphatic carbocycles. The van der Waals surface area contributed by atoms with Crippen LogP contribution in [0.25, 0.3) is 0 Å². The Kier molecular flexibility index (Phi) is 6.54. The zero-order valence-corrected chi connectivity index (χ0v) is 8.11. The molecule has 1 atom stereocenters. The van der Waals surface area contributed by atoms with Gasteiger partial charge < -0.3 is 4.84 Å². The van der Waals surface area contributed by atoms with Crippen molar-refractivity contribution in [2.24, 2.45) is 0 Å². The van der Waals surface area contributed by atoms with E-state index in [1.165, 1.54) is 0 Å². The van der Waals surface area contributed by atoms with Gasteiger partial charge in [-0.1, -0.05) is 28.5 Å². The summed E-state index contributed by atoms with van der Waals surface area (Å²) in [5.74, 6) is 0. The number of hydrogen-bond donors (Lipinski definition) is 0. The molecule has 0 amide bonds. The summed E-state index contributed by atoms with van der Waals surface area (Å²) in [4.78, 5) is 13.9. The molecule has 0 bridgehead atoms. The van der Waals surface area contributed by atoms with Crippen LogP contribution in [0.15, 0.2) is 0 Å². The highest BCUT2D eigenvalue weighted by Crippen LogP contribution is 2.25. The van der Waals surface area contributed by atoms with Crippen LogP contribution < -0.4 is 0 Å². The fourth-order valence-electron chi connectivity index (χ4n) is 0.506. The lowest BCUT2D eigenvalue weighted by atomic mass is 10.3. The van der Waals surface area contributed by atoms with Gasteiger partial charge in [-0.25, -0.2) is 0 Å². The van der Waals surface area contributed by atoms with Crippen molar-refractivity contribution in [3.8, 4) is 0 Å². The zero-order valence-electron chi connectivity index (χ0n) is 6.48. The summed E-state index contributed by atoms with van der Waals surface area (Å²) in [6.45, 7) is 2.21. The van der Waals surface area contributed by atoms with Gasteiger partial charge in [0.15, 0.2) is 0 Å². The Bertz CT molecular complexity index is 122. The number of hydrogen-bond acceptors (Lipinski definition) is 5. The van der Waals surface area contributed by atoms with Crippen LogP contribution in [0.5, 0.6) is 0 Å². The Labute approximate surface area is 73.6 Å². The SMILES string of the molecule is CSSC(C)CCO[N+](=O)[O-]. The summed E-state index contributed by atoms with van der Waals surface area (Å²) in [6, 6.07) is 0. The topological polar surface area (TPSA) is 52.4 Å². The maximum absolute atomic E-state index is 9.71. The van der Waals surface area contributed by atoms with E-state index in [0.717, 1.165) is 0 Å². The molecule has 4 nitrogen and oxygen atoms in total. The van der Waals surface area contributed by atoms with E-state index in [2.05, 4.69) is 4.84 Å². The molecule has 0 N–H and O–H groups in total. The first-order chi connectivity index (χ1) is 5.16. The predicted octanol–water partition coefficient (Wildman–Crippen LogP) is 1.98. The lowest BCUT2D eigenvalue weighted by Gasteiger charge is -2.06. The van der Waals surface area contributed by atoms with Gasteiger partial charge in [0.05, 0.1) is 6.61 Å². The first-order valence-corrected chi connectivity index (χ1v) is 5.75. The zero-order chi connectivity index (χ0) is 8.69. The van der Waals surface area contributed by atoms with Gasteiger partial charge in [0, 0.05) is 5.25 Å². The quantitative estimate of drug-likeness (QED) is 0.370. The fourth-order valence-corrected chi connectivity index (χ4v) is 2.30. The highest BCUT2D eigenvalue weighted by Gasteiger charge is 2.02. The molecule has 0 spiro atoms. The smallest absolute Gasteiger partial charge is 0.294 e. The minimum atomic E-state index is -0.753. The van der Waals surface area contributed by atoms with E-state index in [1.54, 1.807) is 21.6 Å². The second-order valence-corrected chi connectivity index (χ2v) is 4.83. The van der Waals surface area contributed by atoms with Crippen molar-refractivity contribution >= 4 is 21.6 Å². The molecule has 0 aromatic rings. The van der Waals surface area contributed by atoms with E-state index in [1.807, 2.05) is 13.2 Å². The van der Waals surface area contributed by atoms with Crippen LogP contribution in [0, 0.1) is 10.1 Å². The van der Waals surface area contributed by atoms with Gasteiger partial charge in [-0.2, -0.15) is 0 Å². The molecule has 0 radical (unpaired) electrons. The second-order valence-electron chi connectivity index (χ2n) is 1.92. The maximum Gasteiger partial charge on any atom is 0.294 e. The van der Waals surface area contributed by atoms with E-state index >= 15 is 0 Å². The average molecular weight is 197 g/mol. The van der Waals surface area contributed by atoms with Crippen LogP contribution in [0.4, 0.5) is 0 Å². The molecule has 0 aromatic carbocycles. The molecule has 0 aliphatic rings. The summed E-state index contributed by atoms with van der Waals surface area (Å²) in [7, 11) is 3.36. The van der Waals surface area contributed by atoms with Gasteiger partial charge in [0.25, 0.3) is 5.09 Å². The minimum absolute atomic E-state index is 0.196. The van der Waals surface area contributed by atoms with Gasteiger partial charge in [-0.15, -0.1) is 10.1 Å². The molecular weight excluding hydrogens is 186 g/mol. The molecule has 1 unspecified atom stereocenters. The summed E-state index contributed by atoms with van der Waals surface area (Å²) >= 11 is 0.